The van der Waals surface area contributed by atoms with Crippen LogP contribution in [0.1, 0.15) is 26.7 Å². The summed E-state index contributed by atoms with van der Waals surface area (Å²) in [5.74, 6) is 3.31. The monoisotopic (exact) mass is 262 g/mol. The largest absolute Gasteiger partial charge is 0.368 e. The standard InChI is InChI=1S/C10H12.C6H10O3/c1-2-9-7-4-5-8(6-7)10(9)3-1;1-4-8-9-6(7)5(2)3/h1-2,4-5,7-10H,3,6H2;2,4H2,1,3H3. The lowest BCUT2D eigenvalue weighted by Crippen LogP contribution is -2.12. The fourth-order valence-corrected chi connectivity index (χ4v) is 3.16. The SMILES string of the molecule is C1=CC2C3C=CC(C3)C2C1.C=C(C)C(=O)OOCC. The predicted octanol–water partition coefficient (Wildman–Crippen LogP) is 3.44. The molecule has 0 amide bonds. The number of allylic oxidation sites excluding steroid dienone is 4. The second-order valence-corrected chi connectivity index (χ2v) is 5.41. The zero-order valence-corrected chi connectivity index (χ0v) is 11.7. The Kier molecular flexibility index (Phi) is 4.59. The molecule has 0 N–H and O–H groups in total. The van der Waals surface area contributed by atoms with Crippen molar-refractivity contribution in [3.63, 3.8) is 0 Å². The van der Waals surface area contributed by atoms with E-state index in [1.54, 1.807) is 13.8 Å². The van der Waals surface area contributed by atoms with Crippen molar-refractivity contribution in [2.45, 2.75) is 26.7 Å². The van der Waals surface area contributed by atoms with Crippen LogP contribution in [0, 0.1) is 23.7 Å². The first-order chi connectivity index (χ1) is 9.13. The zero-order chi connectivity index (χ0) is 13.8. The van der Waals surface area contributed by atoms with Gasteiger partial charge in [-0.1, -0.05) is 30.9 Å². The minimum Gasteiger partial charge on any atom is -0.293 e. The smallest absolute Gasteiger partial charge is 0.293 e. The Balaban J connectivity index is 0.000000142. The fraction of sp³-hybridized carbons (Fsp3) is 0.562. The number of hydrogen-bond donors (Lipinski definition) is 0. The van der Waals surface area contributed by atoms with Gasteiger partial charge in [0.15, 0.2) is 0 Å². The molecule has 4 atom stereocenters. The van der Waals surface area contributed by atoms with Gasteiger partial charge in [0.2, 0.25) is 0 Å². The van der Waals surface area contributed by atoms with Gasteiger partial charge in [0.1, 0.15) is 0 Å². The summed E-state index contributed by atoms with van der Waals surface area (Å²) in [6.07, 6.45) is 12.5. The number of rotatable bonds is 3. The summed E-state index contributed by atoms with van der Waals surface area (Å²) < 4.78 is 0. The summed E-state index contributed by atoms with van der Waals surface area (Å²) in [5, 5.41) is 0. The summed E-state index contributed by atoms with van der Waals surface area (Å²) in [7, 11) is 0. The molecule has 3 nitrogen and oxygen atoms in total. The van der Waals surface area contributed by atoms with Gasteiger partial charge in [-0.25, -0.2) is 4.79 Å². The van der Waals surface area contributed by atoms with Crippen LogP contribution in [0.15, 0.2) is 36.5 Å². The average Bonchev–Trinajstić information content (AvgIpc) is 3.08. The molecule has 0 saturated heterocycles. The van der Waals surface area contributed by atoms with Crippen LogP contribution in [0.4, 0.5) is 0 Å². The Labute approximate surface area is 114 Å². The van der Waals surface area contributed by atoms with Gasteiger partial charge in [-0.05, 0) is 50.4 Å². The Morgan fingerprint density at radius 3 is 2.68 bits per heavy atom. The summed E-state index contributed by atoms with van der Waals surface area (Å²) in [5.41, 5.74) is 0.337. The number of carbonyl (C=O) groups excluding carboxylic acids is 1. The molecule has 2 bridgehead atoms. The molecule has 3 rings (SSSR count). The number of carbonyl (C=O) groups is 1. The first-order valence-corrected chi connectivity index (χ1v) is 6.97. The summed E-state index contributed by atoms with van der Waals surface area (Å²) in [4.78, 5) is 19.0. The predicted molar refractivity (Wildman–Crippen MR) is 74.0 cm³/mol. The van der Waals surface area contributed by atoms with Crippen molar-refractivity contribution in [3.8, 4) is 0 Å². The average molecular weight is 262 g/mol. The lowest BCUT2D eigenvalue weighted by molar-refractivity contribution is -0.265. The van der Waals surface area contributed by atoms with E-state index < -0.39 is 5.97 Å². The van der Waals surface area contributed by atoms with Crippen molar-refractivity contribution >= 4 is 5.97 Å². The highest BCUT2D eigenvalue weighted by atomic mass is 17.2. The van der Waals surface area contributed by atoms with Gasteiger partial charge in [-0.2, -0.15) is 4.89 Å². The maximum Gasteiger partial charge on any atom is 0.368 e. The van der Waals surface area contributed by atoms with E-state index in [0.717, 1.165) is 23.7 Å². The Morgan fingerprint density at radius 2 is 2.05 bits per heavy atom. The normalized spacial score (nSPS) is 32.7. The van der Waals surface area contributed by atoms with Crippen molar-refractivity contribution in [1.82, 2.24) is 0 Å². The second-order valence-electron chi connectivity index (χ2n) is 5.41. The highest BCUT2D eigenvalue weighted by molar-refractivity contribution is 5.86. The van der Waals surface area contributed by atoms with Crippen LogP contribution in [-0.2, 0) is 14.6 Å². The van der Waals surface area contributed by atoms with Crippen LogP contribution in [0.5, 0.6) is 0 Å². The molecule has 0 heterocycles. The number of fused-ring (bicyclic) bond motifs is 5. The molecule has 0 spiro atoms. The fourth-order valence-electron chi connectivity index (χ4n) is 3.16. The van der Waals surface area contributed by atoms with E-state index in [1.165, 1.54) is 12.8 Å². The third-order valence-electron chi connectivity index (χ3n) is 4.06. The first-order valence-electron chi connectivity index (χ1n) is 6.97. The van der Waals surface area contributed by atoms with Crippen LogP contribution >= 0.6 is 0 Å². The van der Waals surface area contributed by atoms with Gasteiger partial charge in [0.25, 0.3) is 0 Å². The maximum absolute atomic E-state index is 10.5. The topological polar surface area (TPSA) is 35.5 Å². The highest BCUT2D eigenvalue weighted by Crippen LogP contribution is 2.52. The molecule has 3 aliphatic carbocycles. The molecule has 0 radical (unpaired) electrons. The maximum atomic E-state index is 10.5. The first kappa shape index (κ1) is 14.1. The third kappa shape index (κ3) is 3.16. The van der Waals surface area contributed by atoms with Gasteiger partial charge in [-0.3, -0.25) is 4.89 Å². The van der Waals surface area contributed by atoms with E-state index in [0.29, 0.717) is 12.2 Å². The van der Waals surface area contributed by atoms with Gasteiger partial charge in [-0.15, -0.1) is 0 Å². The van der Waals surface area contributed by atoms with Crippen LogP contribution in [-0.4, -0.2) is 12.6 Å². The highest BCUT2D eigenvalue weighted by Gasteiger charge is 2.44. The third-order valence-corrected chi connectivity index (χ3v) is 4.06. The Hall–Kier alpha value is -1.35. The molecule has 4 unspecified atom stereocenters. The molecule has 19 heavy (non-hydrogen) atoms. The second kappa shape index (κ2) is 6.20. The molecular formula is C16H22O3. The van der Waals surface area contributed by atoms with E-state index in [2.05, 4.69) is 40.7 Å². The number of hydrogen-bond acceptors (Lipinski definition) is 3. The molecule has 1 saturated carbocycles. The van der Waals surface area contributed by atoms with Crippen molar-refractivity contribution in [3.05, 3.63) is 36.5 Å². The lowest BCUT2D eigenvalue weighted by Gasteiger charge is -2.18. The van der Waals surface area contributed by atoms with Crippen molar-refractivity contribution in [1.29, 1.82) is 0 Å². The van der Waals surface area contributed by atoms with E-state index in [-0.39, 0.29) is 0 Å². The molecule has 3 heteroatoms. The summed E-state index contributed by atoms with van der Waals surface area (Å²) in [6.45, 7) is 7.00. The van der Waals surface area contributed by atoms with Gasteiger partial charge < -0.3 is 0 Å². The van der Waals surface area contributed by atoms with E-state index >= 15 is 0 Å². The summed E-state index contributed by atoms with van der Waals surface area (Å²) >= 11 is 0. The Morgan fingerprint density at radius 1 is 1.32 bits per heavy atom. The summed E-state index contributed by atoms with van der Waals surface area (Å²) in [6, 6.07) is 0. The van der Waals surface area contributed by atoms with Crippen molar-refractivity contribution < 1.29 is 14.6 Å². The molecule has 3 aliphatic rings. The van der Waals surface area contributed by atoms with Crippen LogP contribution < -0.4 is 0 Å². The van der Waals surface area contributed by atoms with Crippen LogP contribution in [0.2, 0.25) is 0 Å². The molecular weight excluding hydrogens is 240 g/mol. The van der Waals surface area contributed by atoms with Gasteiger partial charge >= 0.3 is 5.97 Å². The van der Waals surface area contributed by atoms with E-state index in [9.17, 15) is 4.79 Å². The van der Waals surface area contributed by atoms with Crippen LogP contribution in [0.25, 0.3) is 0 Å². The lowest BCUT2D eigenvalue weighted by atomic mass is 9.86. The molecule has 104 valence electrons. The van der Waals surface area contributed by atoms with E-state index in [1.807, 2.05) is 0 Å². The zero-order valence-electron chi connectivity index (χ0n) is 11.7. The van der Waals surface area contributed by atoms with Crippen LogP contribution in [0.3, 0.4) is 0 Å². The van der Waals surface area contributed by atoms with Gasteiger partial charge in [0.05, 0.1) is 6.61 Å². The molecule has 0 aromatic carbocycles. The minimum atomic E-state index is -0.517. The van der Waals surface area contributed by atoms with E-state index in [4.69, 9.17) is 0 Å². The minimum absolute atomic E-state index is 0.337. The quantitative estimate of drug-likeness (QED) is 0.338. The van der Waals surface area contributed by atoms with Crippen molar-refractivity contribution in [2.75, 3.05) is 6.61 Å². The molecule has 0 aliphatic heterocycles. The molecule has 0 aromatic rings. The van der Waals surface area contributed by atoms with Gasteiger partial charge in [0, 0.05) is 5.57 Å². The Bertz CT molecular complexity index is 408. The molecule has 0 aromatic heterocycles. The van der Waals surface area contributed by atoms with Crippen molar-refractivity contribution in [2.24, 2.45) is 23.7 Å². The molecule has 1 fully saturated rings.